The van der Waals surface area contributed by atoms with Crippen LogP contribution in [0.4, 0.5) is 0 Å². The average Bonchev–Trinajstić information content (AvgIpc) is 1.59. The summed E-state index contributed by atoms with van der Waals surface area (Å²) in [6, 6.07) is 0. The van der Waals surface area contributed by atoms with Gasteiger partial charge in [0.2, 0.25) is 0 Å². The molecular weight excluding hydrogens is 105 g/mol. The zero-order valence-electron chi connectivity index (χ0n) is 7.49. The van der Waals surface area contributed by atoms with Gasteiger partial charge in [0, 0.05) is 0 Å². The van der Waals surface area contributed by atoms with E-state index in [4.69, 9.17) is 0 Å². The normalized spacial score (nSPS) is 12.3. The summed E-state index contributed by atoms with van der Waals surface area (Å²) in [5.74, 6) is 0.865. The maximum absolute atomic E-state index is 2.30. The molecule has 0 amide bonds. The van der Waals surface area contributed by atoms with Crippen molar-refractivity contribution in [2.75, 3.05) is 0 Å². The van der Waals surface area contributed by atoms with E-state index in [1.807, 2.05) is 0 Å². The van der Waals surface area contributed by atoms with E-state index in [-0.39, 0.29) is 0 Å². The minimum atomic E-state index is 0.532. The van der Waals surface area contributed by atoms with Crippen molar-refractivity contribution in [2.24, 2.45) is 5.92 Å². The molecule has 0 aromatic heterocycles. The zero-order valence-corrected chi connectivity index (χ0v) is 7.49. The van der Waals surface area contributed by atoms with Crippen molar-refractivity contribution >= 4 is 23.5 Å². The lowest BCUT2D eigenvalue weighted by molar-refractivity contribution is 0.558. The third-order valence-corrected chi connectivity index (χ3v) is 1.47. The summed E-state index contributed by atoms with van der Waals surface area (Å²) in [6.07, 6.45) is 2.72. The molecule has 0 saturated heterocycles. The lowest BCUT2D eigenvalue weighted by Gasteiger charge is -2.18. The van der Waals surface area contributed by atoms with E-state index >= 15 is 0 Å². The van der Waals surface area contributed by atoms with Crippen molar-refractivity contribution in [3.63, 3.8) is 0 Å². The quantitative estimate of drug-likeness (QED) is 0.438. The third-order valence-electron chi connectivity index (χ3n) is 1.47. The molecular formula is C6H17B3. The van der Waals surface area contributed by atoms with Crippen LogP contribution in [0.2, 0.25) is 5.11 Å². The number of rotatable bonds is 3. The Morgan fingerprint density at radius 2 is 1.67 bits per heavy atom. The van der Waals surface area contributed by atoms with Crippen LogP contribution < -0.4 is 0 Å². The Labute approximate surface area is 62.0 Å². The van der Waals surface area contributed by atoms with Gasteiger partial charge in [-0.1, -0.05) is 26.7 Å². The van der Waals surface area contributed by atoms with Crippen LogP contribution in [0.15, 0.2) is 0 Å². The predicted octanol–water partition coefficient (Wildman–Crippen LogP) is -0.604. The SMILES string of the molecule is BC(B)(B)CCC(C)C. The molecule has 0 spiro atoms. The van der Waals surface area contributed by atoms with Crippen molar-refractivity contribution in [1.29, 1.82) is 0 Å². The molecule has 0 fully saturated rings. The molecule has 0 radical (unpaired) electrons. The van der Waals surface area contributed by atoms with E-state index in [1.54, 1.807) is 0 Å². The molecule has 0 saturated carbocycles. The fraction of sp³-hybridized carbons (Fsp3) is 1.00. The Kier molecular flexibility index (Phi) is 3.46. The first-order valence-electron chi connectivity index (χ1n) is 3.92. The number of hydrogen-bond donors (Lipinski definition) is 0. The second kappa shape index (κ2) is 3.38. The van der Waals surface area contributed by atoms with Gasteiger partial charge in [-0.15, -0.1) is 5.11 Å². The molecule has 0 aliphatic rings. The lowest BCUT2D eigenvalue weighted by Crippen LogP contribution is -2.13. The Hall–Kier alpha value is 0.195. The van der Waals surface area contributed by atoms with Crippen molar-refractivity contribution in [3.05, 3.63) is 0 Å². The van der Waals surface area contributed by atoms with Gasteiger partial charge >= 0.3 is 0 Å². The van der Waals surface area contributed by atoms with Gasteiger partial charge in [0.1, 0.15) is 0 Å². The minimum absolute atomic E-state index is 0.532. The van der Waals surface area contributed by atoms with Gasteiger partial charge < -0.3 is 0 Å². The summed E-state index contributed by atoms with van der Waals surface area (Å²) in [7, 11) is 6.90. The maximum atomic E-state index is 2.30. The van der Waals surface area contributed by atoms with E-state index in [2.05, 4.69) is 37.4 Å². The number of hydrogen-bond acceptors (Lipinski definition) is 0. The molecule has 3 heteroatoms. The summed E-state index contributed by atoms with van der Waals surface area (Å²) in [5, 5.41) is 0.532. The summed E-state index contributed by atoms with van der Waals surface area (Å²) >= 11 is 0. The highest BCUT2D eigenvalue weighted by Gasteiger charge is 2.10. The second-order valence-corrected chi connectivity index (χ2v) is 4.49. The molecule has 0 rings (SSSR count). The minimum Gasteiger partial charge on any atom is -0.111 e. The zero-order chi connectivity index (χ0) is 7.49. The van der Waals surface area contributed by atoms with Gasteiger partial charge in [0.15, 0.2) is 0 Å². The Bertz CT molecular complexity index is 72.9. The van der Waals surface area contributed by atoms with E-state index in [9.17, 15) is 0 Å². The highest BCUT2D eigenvalue weighted by atomic mass is 14.0. The van der Waals surface area contributed by atoms with Crippen LogP contribution in [0.1, 0.15) is 26.7 Å². The Morgan fingerprint density at radius 3 is 1.78 bits per heavy atom. The van der Waals surface area contributed by atoms with Gasteiger partial charge in [0.05, 0.1) is 23.5 Å². The van der Waals surface area contributed by atoms with Gasteiger partial charge in [-0.05, 0) is 5.92 Å². The molecule has 0 aromatic carbocycles. The van der Waals surface area contributed by atoms with E-state index < -0.39 is 0 Å². The van der Waals surface area contributed by atoms with Gasteiger partial charge in [-0.25, -0.2) is 0 Å². The predicted molar refractivity (Wildman–Crippen MR) is 52.4 cm³/mol. The fourth-order valence-corrected chi connectivity index (χ4v) is 0.722. The molecule has 0 aliphatic carbocycles. The molecule has 0 aromatic rings. The van der Waals surface area contributed by atoms with E-state index in [0.717, 1.165) is 5.92 Å². The molecule has 9 heavy (non-hydrogen) atoms. The molecule has 0 atom stereocenters. The van der Waals surface area contributed by atoms with Crippen molar-refractivity contribution in [1.82, 2.24) is 0 Å². The van der Waals surface area contributed by atoms with Crippen LogP contribution >= 0.6 is 0 Å². The maximum Gasteiger partial charge on any atom is 0.0908 e. The summed E-state index contributed by atoms with van der Waals surface area (Å²) in [4.78, 5) is 0. The molecule has 0 unspecified atom stereocenters. The highest BCUT2D eigenvalue weighted by Crippen LogP contribution is 2.20. The average molecular weight is 122 g/mol. The van der Waals surface area contributed by atoms with Crippen LogP contribution in [0.5, 0.6) is 0 Å². The fourth-order valence-electron chi connectivity index (χ4n) is 0.722. The van der Waals surface area contributed by atoms with Gasteiger partial charge in [-0.2, -0.15) is 0 Å². The smallest absolute Gasteiger partial charge is 0.0908 e. The topological polar surface area (TPSA) is 0 Å². The van der Waals surface area contributed by atoms with E-state index in [0.29, 0.717) is 5.11 Å². The second-order valence-electron chi connectivity index (χ2n) is 4.49. The van der Waals surface area contributed by atoms with Crippen LogP contribution in [0.3, 0.4) is 0 Å². The van der Waals surface area contributed by atoms with Gasteiger partial charge in [0.25, 0.3) is 0 Å². The first-order chi connectivity index (χ1) is 3.92. The molecule has 0 bridgehead atoms. The highest BCUT2D eigenvalue weighted by molar-refractivity contribution is 6.58. The summed E-state index contributed by atoms with van der Waals surface area (Å²) in [6.45, 7) is 4.57. The van der Waals surface area contributed by atoms with E-state index in [1.165, 1.54) is 12.8 Å². The van der Waals surface area contributed by atoms with Crippen molar-refractivity contribution in [3.8, 4) is 0 Å². The molecule has 0 aliphatic heterocycles. The first kappa shape index (κ1) is 9.19. The van der Waals surface area contributed by atoms with Crippen molar-refractivity contribution < 1.29 is 0 Å². The third kappa shape index (κ3) is 8.19. The summed E-state index contributed by atoms with van der Waals surface area (Å²) < 4.78 is 0. The molecule has 0 nitrogen and oxygen atoms in total. The van der Waals surface area contributed by atoms with Crippen LogP contribution in [0, 0.1) is 5.92 Å². The van der Waals surface area contributed by atoms with Gasteiger partial charge in [-0.3, -0.25) is 0 Å². The standard InChI is InChI=1S/C6H17B3/c1-5(2)3-4-6(7,8)9/h5H,3-4,7-9H2,1-2H3. The Balaban J connectivity index is 3.28. The molecule has 0 N–H and O–H groups in total. The lowest BCUT2D eigenvalue weighted by atomic mass is 9.41. The first-order valence-corrected chi connectivity index (χ1v) is 3.92. The molecule has 0 heterocycles. The van der Waals surface area contributed by atoms with Crippen LogP contribution in [0.25, 0.3) is 0 Å². The van der Waals surface area contributed by atoms with Crippen LogP contribution in [-0.4, -0.2) is 23.5 Å². The largest absolute Gasteiger partial charge is 0.111 e. The summed E-state index contributed by atoms with van der Waals surface area (Å²) in [5.41, 5.74) is 0. The Morgan fingerprint density at radius 1 is 1.22 bits per heavy atom. The van der Waals surface area contributed by atoms with Crippen molar-refractivity contribution in [2.45, 2.75) is 31.8 Å². The molecule has 50 valence electrons. The monoisotopic (exact) mass is 122 g/mol. The van der Waals surface area contributed by atoms with Crippen LogP contribution in [-0.2, 0) is 0 Å².